The van der Waals surface area contributed by atoms with E-state index in [4.69, 9.17) is 10.6 Å². The molecule has 0 aromatic carbocycles. The molecule has 0 atom stereocenters. The van der Waals surface area contributed by atoms with Gasteiger partial charge < -0.3 is 15.1 Å². The fourth-order valence-electron chi connectivity index (χ4n) is 1.65. The number of likely N-dealkylation sites (N-methyl/N-ethyl adjacent to an activating group) is 1. The standard InChI is InChI=1S/C12H20N4O2/c1-4-16(5-6-18-3)12(17)10-7-9(2)14-11(8-10)15-13/h7-8H,4-6,13H2,1-3H3,(H,14,15). The van der Waals surface area contributed by atoms with Gasteiger partial charge in [-0.25, -0.2) is 10.8 Å². The highest BCUT2D eigenvalue weighted by atomic mass is 16.5. The van der Waals surface area contributed by atoms with Gasteiger partial charge in [0.2, 0.25) is 0 Å². The molecule has 3 N–H and O–H groups in total. The molecule has 1 rings (SSSR count). The molecule has 0 bridgehead atoms. The highest BCUT2D eigenvalue weighted by molar-refractivity contribution is 5.95. The predicted molar refractivity (Wildman–Crippen MR) is 70.2 cm³/mol. The van der Waals surface area contributed by atoms with Crippen molar-refractivity contribution in [3.8, 4) is 0 Å². The maximum atomic E-state index is 12.3. The van der Waals surface area contributed by atoms with E-state index in [1.807, 2.05) is 13.8 Å². The van der Waals surface area contributed by atoms with Crippen LogP contribution >= 0.6 is 0 Å². The normalized spacial score (nSPS) is 10.2. The average Bonchev–Trinajstić information content (AvgIpc) is 2.38. The molecule has 18 heavy (non-hydrogen) atoms. The highest BCUT2D eigenvalue weighted by Crippen LogP contribution is 2.11. The van der Waals surface area contributed by atoms with E-state index in [1.54, 1.807) is 24.1 Å². The first-order valence-corrected chi connectivity index (χ1v) is 5.85. The van der Waals surface area contributed by atoms with Crippen LogP contribution in [0.2, 0.25) is 0 Å². The number of nitrogens with two attached hydrogens (primary N) is 1. The maximum absolute atomic E-state index is 12.3. The molecular weight excluding hydrogens is 232 g/mol. The van der Waals surface area contributed by atoms with Crippen molar-refractivity contribution in [3.63, 3.8) is 0 Å². The molecule has 1 heterocycles. The molecule has 0 aliphatic carbocycles. The van der Waals surface area contributed by atoms with Gasteiger partial charge in [-0.15, -0.1) is 0 Å². The number of carbonyl (C=O) groups is 1. The molecule has 0 aliphatic rings. The van der Waals surface area contributed by atoms with Gasteiger partial charge in [-0.3, -0.25) is 4.79 Å². The Morgan fingerprint density at radius 1 is 1.56 bits per heavy atom. The van der Waals surface area contributed by atoms with E-state index < -0.39 is 0 Å². The van der Waals surface area contributed by atoms with E-state index >= 15 is 0 Å². The zero-order chi connectivity index (χ0) is 13.5. The van der Waals surface area contributed by atoms with Crippen molar-refractivity contribution in [2.75, 3.05) is 32.2 Å². The summed E-state index contributed by atoms with van der Waals surface area (Å²) in [7, 11) is 1.62. The molecule has 0 spiro atoms. The molecule has 0 fully saturated rings. The average molecular weight is 252 g/mol. The van der Waals surface area contributed by atoms with Gasteiger partial charge in [-0.2, -0.15) is 0 Å². The number of anilines is 1. The van der Waals surface area contributed by atoms with Crippen LogP contribution < -0.4 is 11.3 Å². The molecule has 0 unspecified atom stereocenters. The van der Waals surface area contributed by atoms with Crippen LogP contribution in [-0.4, -0.2) is 42.6 Å². The minimum absolute atomic E-state index is 0.0449. The topological polar surface area (TPSA) is 80.5 Å². The number of nitrogens with one attached hydrogen (secondary N) is 1. The van der Waals surface area contributed by atoms with Gasteiger partial charge in [0.05, 0.1) is 6.61 Å². The zero-order valence-electron chi connectivity index (χ0n) is 11.1. The van der Waals surface area contributed by atoms with Crippen LogP contribution in [0.5, 0.6) is 0 Å². The summed E-state index contributed by atoms with van der Waals surface area (Å²) in [6, 6.07) is 3.39. The lowest BCUT2D eigenvalue weighted by atomic mass is 10.2. The monoisotopic (exact) mass is 252 g/mol. The number of aryl methyl sites for hydroxylation is 1. The maximum Gasteiger partial charge on any atom is 0.254 e. The van der Waals surface area contributed by atoms with Crippen LogP contribution in [0.4, 0.5) is 5.82 Å². The summed E-state index contributed by atoms with van der Waals surface area (Å²) in [6.45, 7) is 5.48. The first kappa shape index (κ1) is 14.4. The zero-order valence-corrected chi connectivity index (χ0v) is 11.1. The highest BCUT2D eigenvalue weighted by Gasteiger charge is 2.15. The molecule has 6 heteroatoms. The SMILES string of the molecule is CCN(CCOC)C(=O)c1cc(C)nc(NN)c1. The van der Waals surface area contributed by atoms with Crippen LogP contribution in [0.25, 0.3) is 0 Å². The van der Waals surface area contributed by atoms with Crippen LogP contribution in [-0.2, 0) is 4.74 Å². The Kier molecular flexibility index (Phi) is 5.54. The molecule has 1 aromatic heterocycles. The van der Waals surface area contributed by atoms with Crippen molar-refractivity contribution in [3.05, 3.63) is 23.4 Å². The fraction of sp³-hybridized carbons (Fsp3) is 0.500. The van der Waals surface area contributed by atoms with E-state index in [1.165, 1.54) is 0 Å². The first-order chi connectivity index (χ1) is 8.62. The van der Waals surface area contributed by atoms with Crippen molar-refractivity contribution in [1.29, 1.82) is 0 Å². The number of nitrogens with zero attached hydrogens (tertiary/aromatic N) is 2. The molecule has 0 saturated heterocycles. The molecule has 6 nitrogen and oxygen atoms in total. The van der Waals surface area contributed by atoms with Crippen molar-refractivity contribution in [2.24, 2.45) is 5.84 Å². The number of amides is 1. The van der Waals surface area contributed by atoms with Gasteiger partial charge in [-0.1, -0.05) is 0 Å². The summed E-state index contributed by atoms with van der Waals surface area (Å²) in [5.74, 6) is 5.76. The van der Waals surface area contributed by atoms with E-state index in [0.717, 1.165) is 5.69 Å². The number of carbonyl (C=O) groups excluding carboxylic acids is 1. The summed E-state index contributed by atoms with van der Waals surface area (Å²) in [5, 5.41) is 0. The first-order valence-electron chi connectivity index (χ1n) is 5.85. The van der Waals surface area contributed by atoms with E-state index in [2.05, 4.69) is 10.4 Å². The second-order valence-electron chi connectivity index (χ2n) is 3.90. The lowest BCUT2D eigenvalue weighted by Crippen LogP contribution is -2.33. The Hall–Kier alpha value is -1.66. The van der Waals surface area contributed by atoms with Crippen molar-refractivity contribution in [2.45, 2.75) is 13.8 Å². The second kappa shape index (κ2) is 6.93. The van der Waals surface area contributed by atoms with Gasteiger partial charge in [0.25, 0.3) is 5.91 Å². The van der Waals surface area contributed by atoms with Gasteiger partial charge in [0.1, 0.15) is 5.82 Å². The summed E-state index contributed by atoms with van der Waals surface area (Å²) in [5.41, 5.74) is 3.78. The molecule has 1 amide bonds. The Morgan fingerprint density at radius 3 is 2.83 bits per heavy atom. The van der Waals surface area contributed by atoms with Gasteiger partial charge in [0, 0.05) is 31.5 Å². The van der Waals surface area contributed by atoms with Gasteiger partial charge in [-0.05, 0) is 26.0 Å². The Balaban J connectivity index is 2.90. The fourth-order valence-corrected chi connectivity index (χ4v) is 1.65. The molecule has 1 aromatic rings. The van der Waals surface area contributed by atoms with E-state index in [9.17, 15) is 4.79 Å². The third kappa shape index (κ3) is 3.68. The lowest BCUT2D eigenvalue weighted by Gasteiger charge is -2.20. The summed E-state index contributed by atoms with van der Waals surface area (Å²) < 4.78 is 4.99. The predicted octanol–water partition coefficient (Wildman–Crippen LogP) is 0.784. The molecular formula is C12H20N4O2. The quantitative estimate of drug-likeness (QED) is 0.578. The van der Waals surface area contributed by atoms with Crippen molar-refractivity contribution < 1.29 is 9.53 Å². The van der Waals surface area contributed by atoms with Crippen LogP contribution in [0.1, 0.15) is 23.0 Å². The van der Waals surface area contributed by atoms with Gasteiger partial charge >= 0.3 is 0 Å². The largest absolute Gasteiger partial charge is 0.383 e. The number of hydrogen-bond donors (Lipinski definition) is 2. The minimum atomic E-state index is -0.0449. The number of hydrogen-bond acceptors (Lipinski definition) is 5. The Morgan fingerprint density at radius 2 is 2.28 bits per heavy atom. The summed E-state index contributed by atoms with van der Waals surface area (Å²) in [6.07, 6.45) is 0. The van der Waals surface area contributed by atoms with Crippen molar-refractivity contribution in [1.82, 2.24) is 9.88 Å². The molecule has 0 aliphatic heterocycles. The van der Waals surface area contributed by atoms with Crippen LogP contribution in [0, 0.1) is 6.92 Å². The number of nitrogen functional groups attached to an aromatic ring is 1. The summed E-state index contributed by atoms with van der Waals surface area (Å²) in [4.78, 5) is 18.1. The van der Waals surface area contributed by atoms with Gasteiger partial charge in [0.15, 0.2) is 0 Å². The smallest absolute Gasteiger partial charge is 0.254 e. The summed E-state index contributed by atoms with van der Waals surface area (Å²) >= 11 is 0. The van der Waals surface area contributed by atoms with E-state index in [-0.39, 0.29) is 5.91 Å². The number of aromatic nitrogens is 1. The molecule has 0 radical (unpaired) electrons. The number of rotatable bonds is 6. The van der Waals surface area contributed by atoms with Crippen molar-refractivity contribution >= 4 is 11.7 Å². The minimum Gasteiger partial charge on any atom is -0.383 e. The number of methoxy groups -OCH3 is 1. The number of ether oxygens (including phenoxy) is 1. The van der Waals surface area contributed by atoms with E-state index in [0.29, 0.717) is 31.1 Å². The lowest BCUT2D eigenvalue weighted by molar-refractivity contribution is 0.0706. The number of pyridine rings is 1. The third-order valence-corrected chi connectivity index (χ3v) is 2.58. The second-order valence-corrected chi connectivity index (χ2v) is 3.90. The third-order valence-electron chi connectivity index (χ3n) is 2.58. The Bertz CT molecular complexity index is 409. The molecule has 100 valence electrons. The Labute approximate surface area is 107 Å². The molecule has 0 saturated carbocycles. The van der Waals surface area contributed by atoms with Crippen LogP contribution in [0.3, 0.4) is 0 Å². The van der Waals surface area contributed by atoms with Crippen LogP contribution in [0.15, 0.2) is 12.1 Å². The number of hydrazine groups is 1.